The van der Waals surface area contributed by atoms with Gasteiger partial charge in [0.2, 0.25) is 5.90 Å². The molecule has 2 aromatic carbocycles. The zero-order chi connectivity index (χ0) is 18.5. The molecule has 1 aliphatic rings. The van der Waals surface area contributed by atoms with Crippen LogP contribution in [0.4, 0.5) is 0 Å². The van der Waals surface area contributed by atoms with Gasteiger partial charge < -0.3 is 14.2 Å². The maximum atomic E-state index is 12.0. The number of ether oxygens (including phenoxy) is 3. The monoisotopic (exact) mass is 371 g/mol. The fourth-order valence-corrected chi connectivity index (χ4v) is 2.39. The third kappa shape index (κ3) is 4.10. The molecule has 0 saturated heterocycles. The topological polar surface area (TPSA) is 74.2 Å². The van der Waals surface area contributed by atoms with Gasteiger partial charge in [0.05, 0.1) is 17.7 Å². The van der Waals surface area contributed by atoms with Crippen molar-refractivity contribution in [3.8, 4) is 5.75 Å². The van der Waals surface area contributed by atoms with Crippen LogP contribution in [-0.2, 0) is 19.1 Å². The van der Waals surface area contributed by atoms with Gasteiger partial charge in [-0.25, -0.2) is 14.6 Å². The van der Waals surface area contributed by atoms with Crippen molar-refractivity contribution in [3.63, 3.8) is 0 Å². The molecule has 0 aromatic heterocycles. The number of hydrogen-bond acceptors (Lipinski definition) is 6. The predicted molar refractivity (Wildman–Crippen MR) is 96.0 cm³/mol. The molecule has 0 amide bonds. The first-order valence-electron chi connectivity index (χ1n) is 7.64. The van der Waals surface area contributed by atoms with E-state index in [4.69, 9.17) is 21.1 Å². The maximum Gasteiger partial charge on any atom is 0.363 e. The number of carbonyl (C=O) groups is 2. The molecule has 132 valence electrons. The van der Waals surface area contributed by atoms with Crippen LogP contribution in [0.2, 0.25) is 5.02 Å². The van der Waals surface area contributed by atoms with Crippen molar-refractivity contribution in [1.82, 2.24) is 0 Å². The molecule has 26 heavy (non-hydrogen) atoms. The van der Waals surface area contributed by atoms with E-state index in [1.807, 2.05) is 0 Å². The van der Waals surface area contributed by atoms with Gasteiger partial charge in [0.25, 0.3) is 0 Å². The highest BCUT2D eigenvalue weighted by Crippen LogP contribution is 2.24. The molecule has 6 nitrogen and oxygen atoms in total. The summed E-state index contributed by atoms with van der Waals surface area (Å²) in [6, 6.07) is 13.8. The number of methoxy groups -OCH3 is 1. The van der Waals surface area contributed by atoms with Gasteiger partial charge in [-0.3, -0.25) is 0 Å². The number of cyclic esters (lactones) is 1. The summed E-state index contributed by atoms with van der Waals surface area (Å²) >= 11 is 6.10. The first-order valence-corrected chi connectivity index (χ1v) is 8.02. The Labute approximate surface area is 154 Å². The molecule has 2 aromatic rings. The van der Waals surface area contributed by atoms with Gasteiger partial charge >= 0.3 is 11.9 Å². The number of carbonyl (C=O) groups excluding carboxylic acids is 2. The first-order chi connectivity index (χ1) is 12.6. The summed E-state index contributed by atoms with van der Waals surface area (Å²) in [5.41, 5.74) is 1.45. The van der Waals surface area contributed by atoms with E-state index in [2.05, 4.69) is 9.73 Å². The van der Waals surface area contributed by atoms with E-state index in [9.17, 15) is 9.59 Å². The summed E-state index contributed by atoms with van der Waals surface area (Å²) in [6.07, 6.45) is 1.59. The average Bonchev–Trinajstić information content (AvgIpc) is 3.01. The van der Waals surface area contributed by atoms with Gasteiger partial charge in [-0.2, -0.15) is 0 Å². The zero-order valence-corrected chi connectivity index (χ0v) is 14.5. The molecule has 0 radical (unpaired) electrons. The maximum absolute atomic E-state index is 12.0. The molecule has 3 rings (SSSR count). The number of esters is 2. The Morgan fingerprint density at radius 2 is 1.92 bits per heavy atom. The number of aliphatic imine (C=N–C) groups is 1. The summed E-state index contributed by atoms with van der Waals surface area (Å²) in [5.74, 6) is -0.339. The van der Waals surface area contributed by atoms with Gasteiger partial charge in [-0.15, -0.1) is 0 Å². The lowest BCUT2D eigenvalue weighted by Crippen LogP contribution is -2.12. The van der Waals surface area contributed by atoms with E-state index < -0.39 is 11.9 Å². The van der Waals surface area contributed by atoms with E-state index in [-0.39, 0.29) is 18.2 Å². The van der Waals surface area contributed by atoms with Gasteiger partial charge in [0.1, 0.15) is 5.75 Å². The predicted octanol–water partition coefficient (Wildman–Crippen LogP) is 3.24. The van der Waals surface area contributed by atoms with Gasteiger partial charge in [0, 0.05) is 0 Å². The van der Waals surface area contributed by atoms with E-state index in [1.54, 1.807) is 54.6 Å². The van der Waals surface area contributed by atoms with Crippen LogP contribution in [0, 0.1) is 0 Å². The second kappa shape index (κ2) is 7.84. The SMILES string of the molecule is COC(=O)COc1ccc(/C=C2\N=C(c3ccccc3Cl)OC2=O)cc1. The van der Waals surface area contributed by atoms with Crippen molar-refractivity contribution < 1.29 is 23.8 Å². The lowest BCUT2D eigenvalue weighted by Gasteiger charge is -2.04. The van der Waals surface area contributed by atoms with Crippen molar-refractivity contribution in [2.24, 2.45) is 4.99 Å². The second-order valence-electron chi connectivity index (χ2n) is 5.25. The molecule has 0 saturated carbocycles. The standard InChI is InChI=1S/C19H14ClNO5/c1-24-17(22)11-25-13-8-6-12(7-9-13)10-16-19(23)26-18(21-16)14-4-2-3-5-15(14)20/h2-10H,11H2,1H3/b16-10-. The summed E-state index contributed by atoms with van der Waals surface area (Å²) < 4.78 is 15.0. The third-order valence-electron chi connectivity index (χ3n) is 3.49. The molecule has 0 aliphatic carbocycles. The van der Waals surface area contributed by atoms with Crippen LogP contribution in [0.25, 0.3) is 6.08 Å². The van der Waals surface area contributed by atoms with Crippen LogP contribution < -0.4 is 4.74 Å². The number of hydrogen-bond donors (Lipinski definition) is 0. The van der Waals surface area contributed by atoms with Crippen molar-refractivity contribution >= 4 is 35.5 Å². The van der Waals surface area contributed by atoms with E-state index in [0.717, 1.165) is 5.56 Å². The Morgan fingerprint density at radius 3 is 2.62 bits per heavy atom. The molecule has 7 heteroatoms. The number of benzene rings is 2. The highest BCUT2D eigenvalue weighted by atomic mass is 35.5. The van der Waals surface area contributed by atoms with Crippen LogP contribution in [0.1, 0.15) is 11.1 Å². The normalized spacial score (nSPS) is 14.8. The molecule has 0 N–H and O–H groups in total. The molecule has 0 unspecified atom stereocenters. The lowest BCUT2D eigenvalue weighted by atomic mass is 10.2. The van der Waals surface area contributed by atoms with Gasteiger partial charge in [-0.05, 0) is 35.9 Å². The summed E-state index contributed by atoms with van der Waals surface area (Å²) in [5, 5.41) is 0.451. The Hall–Kier alpha value is -3.12. The Balaban J connectivity index is 1.76. The van der Waals surface area contributed by atoms with Crippen molar-refractivity contribution in [2.45, 2.75) is 0 Å². The highest BCUT2D eigenvalue weighted by Gasteiger charge is 2.25. The largest absolute Gasteiger partial charge is 0.482 e. The Bertz CT molecular complexity index is 902. The average molecular weight is 372 g/mol. The van der Waals surface area contributed by atoms with E-state index in [1.165, 1.54) is 7.11 Å². The van der Waals surface area contributed by atoms with Crippen LogP contribution in [-0.4, -0.2) is 31.6 Å². The number of nitrogens with zero attached hydrogens (tertiary/aromatic N) is 1. The van der Waals surface area contributed by atoms with Gasteiger partial charge in [0.15, 0.2) is 12.3 Å². The first kappa shape index (κ1) is 17.7. The minimum absolute atomic E-state index is 0.170. The van der Waals surface area contributed by atoms with E-state index >= 15 is 0 Å². The van der Waals surface area contributed by atoms with Crippen molar-refractivity contribution in [3.05, 3.63) is 70.4 Å². The Morgan fingerprint density at radius 1 is 1.19 bits per heavy atom. The fourth-order valence-electron chi connectivity index (χ4n) is 2.18. The highest BCUT2D eigenvalue weighted by molar-refractivity contribution is 6.34. The smallest absolute Gasteiger partial charge is 0.363 e. The van der Waals surface area contributed by atoms with Crippen LogP contribution in [0.3, 0.4) is 0 Å². The molecule has 0 spiro atoms. The summed E-state index contributed by atoms with van der Waals surface area (Å²) in [4.78, 5) is 27.3. The third-order valence-corrected chi connectivity index (χ3v) is 3.82. The molecular weight excluding hydrogens is 358 g/mol. The molecule has 0 atom stereocenters. The van der Waals surface area contributed by atoms with Crippen molar-refractivity contribution in [2.75, 3.05) is 13.7 Å². The Kier molecular flexibility index (Phi) is 5.34. The lowest BCUT2D eigenvalue weighted by molar-refractivity contribution is -0.143. The minimum Gasteiger partial charge on any atom is -0.482 e. The van der Waals surface area contributed by atoms with E-state index in [0.29, 0.717) is 16.3 Å². The fraction of sp³-hybridized carbons (Fsp3) is 0.105. The van der Waals surface area contributed by atoms with Crippen LogP contribution in [0.15, 0.2) is 59.2 Å². The summed E-state index contributed by atoms with van der Waals surface area (Å²) in [6.45, 7) is -0.172. The van der Waals surface area contributed by atoms with Crippen LogP contribution in [0.5, 0.6) is 5.75 Å². The minimum atomic E-state index is -0.550. The zero-order valence-electron chi connectivity index (χ0n) is 13.8. The van der Waals surface area contributed by atoms with Gasteiger partial charge in [-0.1, -0.05) is 35.9 Å². The molecular formula is C19H14ClNO5. The van der Waals surface area contributed by atoms with Crippen LogP contribution >= 0.6 is 11.6 Å². The second-order valence-corrected chi connectivity index (χ2v) is 5.66. The molecule has 0 fully saturated rings. The molecule has 0 bridgehead atoms. The van der Waals surface area contributed by atoms with Crippen molar-refractivity contribution in [1.29, 1.82) is 0 Å². The quantitative estimate of drug-likeness (QED) is 0.596. The number of halogens is 1. The summed E-state index contributed by atoms with van der Waals surface area (Å²) in [7, 11) is 1.29. The molecule has 1 aliphatic heterocycles. The number of rotatable bonds is 5. The molecule has 1 heterocycles.